The molecule has 0 spiro atoms. The molecule has 0 fully saturated rings. The first-order chi connectivity index (χ1) is 7.28. The van der Waals surface area contributed by atoms with Gasteiger partial charge in [-0.25, -0.2) is 0 Å². The van der Waals surface area contributed by atoms with Crippen LogP contribution >= 0.6 is 0 Å². The summed E-state index contributed by atoms with van der Waals surface area (Å²) in [5, 5.41) is 1.52. The molecule has 0 saturated heterocycles. The van der Waals surface area contributed by atoms with Gasteiger partial charge in [-0.05, 0) is 12.1 Å². The molecule has 1 aromatic rings. The number of rotatable bonds is 3. The van der Waals surface area contributed by atoms with E-state index in [1.54, 1.807) is 12.1 Å². The second-order valence-electron chi connectivity index (χ2n) is 3.00. The topological polar surface area (TPSA) is 34.1 Å². The second kappa shape index (κ2) is 5.05. The summed E-state index contributed by atoms with van der Waals surface area (Å²) >= 11 is 0. The Hall–Kier alpha value is -1.96. The minimum absolute atomic E-state index is 0.436. The summed E-state index contributed by atoms with van der Waals surface area (Å²) in [6.07, 6.45) is 4.77. The number of hydrogen-bond donors (Lipinski definition) is 0. The molecule has 15 heavy (non-hydrogen) atoms. The Balaban J connectivity index is 3.93. The molecule has 1 aromatic carbocycles. The van der Waals surface area contributed by atoms with Crippen LogP contribution in [-0.4, -0.2) is 12.6 Å². The van der Waals surface area contributed by atoms with Crippen molar-refractivity contribution in [2.24, 2.45) is 0 Å². The Bertz CT molecular complexity index is 500. The fourth-order valence-electron chi connectivity index (χ4n) is 1.47. The van der Waals surface area contributed by atoms with Gasteiger partial charge in [0.1, 0.15) is 0 Å². The van der Waals surface area contributed by atoms with E-state index in [1.807, 2.05) is 19.1 Å². The van der Waals surface area contributed by atoms with E-state index in [-0.39, 0.29) is 0 Å². The number of benzene rings is 1. The Morgan fingerprint density at radius 2 is 2.07 bits per heavy atom. The van der Waals surface area contributed by atoms with Crippen LogP contribution in [0.3, 0.4) is 0 Å². The van der Waals surface area contributed by atoms with Crippen molar-refractivity contribution in [1.29, 1.82) is 0 Å². The van der Waals surface area contributed by atoms with E-state index in [2.05, 4.69) is 6.58 Å². The fraction of sp³-hybridized carbons (Fsp3) is 0.0769. The quantitative estimate of drug-likeness (QED) is 0.677. The zero-order chi connectivity index (χ0) is 11.3. The predicted octanol–water partition coefficient (Wildman–Crippen LogP) is 0.835. The maximum atomic E-state index is 10.9. The van der Waals surface area contributed by atoms with E-state index in [4.69, 9.17) is 0 Å². The van der Waals surface area contributed by atoms with E-state index in [0.717, 1.165) is 11.5 Å². The van der Waals surface area contributed by atoms with Gasteiger partial charge >= 0.3 is 0 Å². The normalized spacial score (nSPS) is 13.3. The van der Waals surface area contributed by atoms with Gasteiger partial charge in [0.25, 0.3) is 0 Å². The zero-order valence-corrected chi connectivity index (χ0v) is 8.57. The van der Waals surface area contributed by atoms with E-state index in [0.29, 0.717) is 22.6 Å². The summed E-state index contributed by atoms with van der Waals surface area (Å²) in [6.45, 7) is 5.42. The Kier molecular flexibility index (Phi) is 3.75. The van der Waals surface area contributed by atoms with Crippen molar-refractivity contribution in [2.75, 3.05) is 0 Å². The van der Waals surface area contributed by atoms with E-state index < -0.39 is 0 Å². The molecule has 0 aliphatic rings. The molecule has 2 nitrogen and oxygen atoms in total. The minimum Gasteiger partial charge on any atom is -0.298 e. The number of carbonyl (C=O) groups is 2. The Morgan fingerprint density at radius 3 is 2.53 bits per heavy atom. The molecular formula is C13H12O2. The van der Waals surface area contributed by atoms with Gasteiger partial charge < -0.3 is 0 Å². The smallest absolute Gasteiger partial charge is 0.150 e. The minimum atomic E-state index is 0.436. The molecule has 0 heterocycles. The second-order valence-corrected chi connectivity index (χ2v) is 3.00. The monoisotopic (exact) mass is 200 g/mol. The van der Waals surface area contributed by atoms with Crippen LogP contribution in [0, 0.1) is 0 Å². The maximum absolute atomic E-state index is 10.9. The van der Waals surface area contributed by atoms with Crippen LogP contribution in [0.5, 0.6) is 0 Å². The molecule has 0 saturated carbocycles. The van der Waals surface area contributed by atoms with Crippen LogP contribution in [0.15, 0.2) is 30.9 Å². The molecule has 0 unspecified atom stereocenters. The van der Waals surface area contributed by atoms with E-state index >= 15 is 0 Å². The average Bonchev–Trinajstić information content (AvgIpc) is 2.30. The lowest BCUT2D eigenvalue weighted by molar-refractivity contribution is -0.103. The van der Waals surface area contributed by atoms with Crippen LogP contribution in [0.4, 0.5) is 0 Å². The van der Waals surface area contributed by atoms with Crippen LogP contribution in [-0.2, 0) is 4.79 Å². The highest BCUT2D eigenvalue weighted by molar-refractivity contribution is 6.04. The standard InChI is InChI=1S/C13H12O2/c1-3-10-6-5-7-12(9-15)13(10)11(4-2)8-14/h3-9H,2H2,1H3/b10-3-,13-11-. The molecule has 0 atom stereocenters. The van der Waals surface area contributed by atoms with Crippen LogP contribution < -0.4 is 10.4 Å². The van der Waals surface area contributed by atoms with Crippen molar-refractivity contribution in [3.8, 4) is 0 Å². The van der Waals surface area contributed by atoms with Gasteiger partial charge in [0.05, 0.1) is 0 Å². The first-order valence-electron chi connectivity index (χ1n) is 4.61. The van der Waals surface area contributed by atoms with E-state index in [9.17, 15) is 9.59 Å². The van der Waals surface area contributed by atoms with Gasteiger partial charge in [0.2, 0.25) is 0 Å². The fourth-order valence-corrected chi connectivity index (χ4v) is 1.47. The molecule has 0 radical (unpaired) electrons. The maximum Gasteiger partial charge on any atom is 0.150 e. The summed E-state index contributed by atoms with van der Waals surface area (Å²) < 4.78 is 0. The molecule has 0 aliphatic heterocycles. The Morgan fingerprint density at radius 1 is 1.33 bits per heavy atom. The van der Waals surface area contributed by atoms with Gasteiger partial charge in [-0.2, -0.15) is 0 Å². The summed E-state index contributed by atoms with van der Waals surface area (Å²) in [5.74, 6) is 0. The Labute approximate surface area is 88.2 Å². The predicted molar refractivity (Wildman–Crippen MR) is 60.9 cm³/mol. The molecule has 1 rings (SSSR count). The van der Waals surface area contributed by atoms with Gasteiger partial charge in [0.15, 0.2) is 12.6 Å². The van der Waals surface area contributed by atoms with Crippen molar-refractivity contribution in [3.63, 3.8) is 0 Å². The molecule has 0 aliphatic carbocycles. The first kappa shape index (κ1) is 11.1. The number of carbonyl (C=O) groups excluding carboxylic acids is 2. The third-order valence-corrected chi connectivity index (χ3v) is 2.20. The lowest BCUT2D eigenvalue weighted by Gasteiger charge is -1.97. The number of hydrogen-bond acceptors (Lipinski definition) is 2. The number of aldehydes is 2. The molecule has 0 bridgehead atoms. The lowest BCUT2D eigenvalue weighted by atomic mass is 10.1. The van der Waals surface area contributed by atoms with Crippen molar-refractivity contribution in [3.05, 3.63) is 46.9 Å². The zero-order valence-electron chi connectivity index (χ0n) is 8.57. The van der Waals surface area contributed by atoms with Gasteiger partial charge in [-0.1, -0.05) is 36.9 Å². The van der Waals surface area contributed by atoms with Gasteiger partial charge in [-0.3, -0.25) is 9.59 Å². The van der Waals surface area contributed by atoms with Crippen LogP contribution in [0.1, 0.15) is 17.3 Å². The summed E-state index contributed by atoms with van der Waals surface area (Å²) in [4.78, 5) is 21.7. The summed E-state index contributed by atoms with van der Waals surface area (Å²) in [6, 6.07) is 5.33. The number of allylic oxidation sites excluding steroid dienone is 1. The molecule has 2 heteroatoms. The highest BCUT2D eigenvalue weighted by Crippen LogP contribution is 1.91. The molecular weight excluding hydrogens is 188 g/mol. The van der Waals surface area contributed by atoms with Crippen molar-refractivity contribution >= 4 is 24.2 Å². The summed E-state index contributed by atoms with van der Waals surface area (Å²) in [5.41, 5.74) is 0.943. The van der Waals surface area contributed by atoms with Crippen LogP contribution in [0.2, 0.25) is 0 Å². The SMILES string of the molecule is C=C/C(C=O)=c1/c(C=O)ccc/c1=C/C. The largest absolute Gasteiger partial charge is 0.298 e. The lowest BCUT2D eigenvalue weighted by Crippen LogP contribution is -2.30. The first-order valence-corrected chi connectivity index (χ1v) is 4.61. The highest BCUT2D eigenvalue weighted by atomic mass is 16.1. The van der Waals surface area contributed by atoms with Crippen molar-refractivity contribution in [2.45, 2.75) is 6.92 Å². The van der Waals surface area contributed by atoms with Crippen LogP contribution in [0.25, 0.3) is 11.6 Å². The molecule has 0 amide bonds. The van der Waals surface area contributed by atoms with Crippen molar-refractivity contribution < 1.29 is 9.59 Å². The molecule has 0 N–H and O–H groups in total. The third kappa shape index (κ3) is 2.10. The average molecular weight is 200 g/mol. The van der Waals surface area contributed by atoms with Gasteiger partial charge in [-0.15, -0.1) is 0 Å². The molecule has 0 aromatic heterocycles. The van der Waals surface area contributed by atoms with Crippen molar-refractivity contribution in [1.82, 2.24) is 0 Å². The highest BCUT2D eigenvalue weighted by Gasteiger charge is 1.99. The van der Waals surface area contributed by atoms with E-state index in [1.165, 1.54) is 6.08 Å². The molecule has 76 valence electrons. The third-order valence-electron chi connectivity index (χ3n) is 2.20. The van der Waals surface area contributed by atoms with Gasteiger partial charge in [0, 0.05) is 16.4 Å². The summed E-state index contributed by atoms with van der Waals surface area (Å²) in [7, 11) is 0.